The topological polar surface area (TPSA) is 91.3 Å². The molecule has 2 aliphatic heterocycles. The summed E-state index contributed by atoms with van der Waals surface area (Å²) in [6.07, 6.45) is 22.8. The molecule has 0 spiro atoms. The van der Waals surface area contributed by atoms with E-state index in [9.17, 15) is 9.59 Å². The Morgan fingerprint density at radius 1 is 1.05 bits per heavy atom. The Morgan fingerprint density at radius 3 is 2.52 bits per heavy atom. The Balaban J connectivity index is 1.45. The standard InChI is InChI=1S/C33H52O7/c1-2-11-24-16-17-25(22-24)29(39-32-14-7-9-20-37-32)19-18-26-27(12-5-3-4-6-13-31(35)36)30(23-28(26)34)40-33-15-8-10-21-38-33/h3,5,18-19,24-27,29-30,32-33H,2,4,6-17,20-23H2,1H3,(H,35,36)/b5-3-,19-18+/t24?,25?,26-,27-,29-,30+,32?,33?/m1/s1. The van der Waals surface area contributed by atoms with Crippen molar-refractivity contribution in [1.82, 2.24) is 0 Å². The predicted octanol–water partition coefficient (Wildman–Crippen LogP) is 6.99. The monoisotopic (exact) mass is 560 g/mol. The molecule has 8 atom stereocenters. The van der Waals surface area contributed by atoms with E-state index in [1.807, 2.05) is 0 Å². The summed E-state index contributed by atoms with van der Waals surface area (Å²) in [5.74, 6) is 0.507. The Morgan fingerprint density at radius 2 is 1.82 bits per heavy atom. The van der Waals surface area contributed by atoms with E-state index in [4.69, 9.17) is 24.1 Å². The van der Waals surface area contributed by atoms with Gasteiger partial charge in [-0.1, -0.05) is 50.5 Å². The third kappa shape index (κ3) is 9.78. The summed E-state index contributed by atoms with van der Waals surface area (Å²) in [5, 5.41) is 8.91. The molecule has 4 unspecified atom stereocenters. The fourth-order valence-electron chi connectivity index (χ4n) is 7.03. The molecule has 0 aromatic heterocycles. The van der Waals surface area contributed by atoms with Crippen LogP contribution in [0.4, 0.5) is 0 Å². The SMILES string of the molecule is CCCC1CCC([C@@H](/C=C/[C@H]2C(=O)C[C@H](OC3CCCCO3)[C@@H]2C/C=C\CCCC(=O)O)OC2CCCCO2)C1. The van der Waals surface area contributed by atoms with Crippen molar-refractivity contribution in [3.8, 4) is 0 Å². The van der Waals surface area contributed by atoms with Gasteiger partial charge in [0.1, 0.15) is 5.78 Å². The first-order valence-electron chi connectivity index (χ1n) is 16.2. The quantitative estimate of drug-likeness (QED) is 0.170. The van der Waals surface area contributed by atoms with Gasteiger partial charge in [0.05, 0.1) is 12.2 Å². The minimum atomic E-state index is -0.764. The summed E-state index contributed by atoms with van der Waals surface area (Å²) in [7, 11) is 0. The van der Waals surface area contributed by atoms with E-state index in [0.717, 1.165) is 70.3 Å². The van der Waals surface area contributed by atoms with E-state index >= 15 is 0 Å². The number of rotatable bonds is 15. The summed E-state index contributed by atoms with van der Waals surface area (Å²) in [4.78, 5) is 24.2. The number of Topliss-reactive ketones (excluding diaryl/α,β-unsaturated/α-hetero) is 1. The molecule has 2 heterocycles. The highest BCUT2D eigenvalue weighted by Crippen LogP contribution is 2.40. The lowest BCUT2D eigenvalue weighted by atomic mass is 9.88. The van der Waals surface area contributed by atoms with Crippen molar-refractivity contribution in [3.05, 3.63) is 24.3 Å². The summed E-state index contributed by atoms with van der Waals surface area (Å²) >= 11 is 0. The van der Waals surface area contributed by atoms with Crippen LogP contribution >= 0.6 is 0 Å². The van der Waals surface area contributed by atoms with Crippen LogP contribution in [-0.4, -0.2) is 54.9 Å². The van der Waals surface area contributed by atoms with Crippen molar-refractivity contribution < 1.29 is 33.6 Å². The number of aliphatic carboxylic acids is 1. The summed E-state index contributed by atoms with van der Waals surface area (Å²) in [6, 6.07) is 0. The third-order valence-electron chi connectivity index (χ3n) is 9.21. The number of allylic oxidation sites excluding steroid dienone is 3. The van der Waals surface area contributed by atoms with E-state index in [1.165, 1.54) is 25.7 Å². The second-order valence-corrected chi connectivity index (χ2v) is 12.3. The van der Waals surface area contributed by atoms with Gasteiger partial charge in [-0.3, -0.25) is 9.59 Å². The molecule has 1 N–H and O–H groups in total. The third-order valence-corrected chi connectivity index (χ3v) is 9.21. The van der Waals surface area contributed by atoms with Gasteiger partial charge >= 0.3 is 5.97 Å². The van der Waals surface area contributed by atoms with Crippen LogP contribution in [0, 0.1) is 23.7 Å². The number of carbonyl (C=O) groups is 2. The fraction of sp³-hybridized carbons (Fsp3) is 0.818. The number of carboxylic acids is 1. The number of ketones is 1. The largest absolute Gasteiger partial charge is 0.481 e. The van der Waals surface area contributed by atoms with Crippen molar-refractivity contribution in [2.75, 3.05) is 13.2 Å². The van der Waals surface area contributed by atoms with Gasteiger partial charge in [0.15, 0.2) is 12.6 Å². The molecule has 0 aromatic rings. The number of ether oxygens (including phenoxy) is 4. The molecule has 4 rings (SSSR count). The van der Waals surface area contributed by atoms with Crippen LogP contribution in [0.25, 0.3) is 0 Å². The molecule has 7 nitrogen and oxygen atoms in total. The Bertz CT molecular complexity index is 827. The average molecular weight is 561 g/mol. The predicted molar refractivity (Wildman–Crippen MR) is 154 cm³/mol. The number of carbonyl (C=O) groups excluding carboxylic acids is 1. The molecule has 7 heteroatoms. The van der Waals surface area contributed by atoms with Crippen LogP contribution in [0.2, 0.25) is 0 Å². The van der Waals surface area contributed by atoms with Gasteiger partial charge in [-0.25, -0.2) is 0 Å². The lowest BCUT2D eigenvalue weighted by Gasteiger charge is -2.30. The molecule has 0 amide bonds. The smallest absolute Gasteiger partial charge is 0.303 e. The minimum absolute atomic E-state index is 0.0352. The Hall–Kier alpha value is -1.54. The van der Waals surface area contributed by atoms with Crippen LogP contribution in [0.15, 0.2) is 24.3 Å². The molecule has 226 valence electrons. The number of carboxylic acid groups (broad SMARTS) is 1. The van der Waals surface area contributed by atoms with Crippen LogP contribution < -0.4 is 0 Å². The normalized spacial score (nSPS) is 34.2. The zero-order valence-corrected chi connectivity index (χ0v) is 24.6. The number of unbranched alkanes of at least 4 members (excludes halogenated alkanes) is 1. The zero-order valence-electron chi connectivity index (χ0n) is 24.6. The highest BCUT2D eigenvalue weighted by molar-refractivity contribution is 5.86. The zero-order chi connectivity index (χ0) is 28.2. The molecule has 4 fully saturated rings. The average Bonchev–Trinajstić information content (AvgIpc) is 3.53. The first-order chi connectivity index (χ1) is 19.5. The maximum absolute atomic E-state index is 13.4. The van der Waals surface area contributed by atoms with Gasteiger partial charge in [0, 0.05) is 37.9 Å². The van der Waals surface area contributed by atoms with Crippen LogP contribution in [0.3, 0.4) is 0 Å². The second kappa shape index (κ2) is 16.8. The van der Waals surface area contributed by atoms with E-state index in [-0.39, 0.29) is 48.8 Å². The van der Waals surface area contributed by atoms with Crippen molar-refractivity contribution >= 4 is 11.8 Å². The molecule has 2 aliphatic carbocycles. The molecule has 0 bridgehead atoms. The first kappa shape index (κ1) is 31.4. The molecule has 0 aromatic carbocycles. The fourth-order valence-corrected chi connectivity index (χ4v) is 7.03. The molecule has 40 heavy (non-hydrogen) atoms. The number of hydrogen-bond acceptors (Lipinski definition) is 6. The van der Waals surface area contributed by atoms with Gasteiger partial charge in [-0.05, 0) is 82.5 Å². The van der Waals surface area contributed by atoms with E-state index in [0.29, 0.717) is 25.4 Å². The molecule has 0 radical (unpaired) electrons. The van der Waals surface area contributed by atoms with Gasteiger partial charge in [0.25, 0.3) is 0 Å². The second-order valence-electron chi connectivity index (χ2n) is 12.3. The number of hydrogen-bond donors (Lipinski definition) is 1. The van der Waals surface area contributed by atoms with Crippen LogP contribution in [0.1, 0.15) is 110 Å². The highest BCUT2D eigenvalue weighted by Gasteiger charge is 2.43. The Labute approximate surface area is 241 Å². The summed E-state index contributed by atoms with van der Waals surface area (Å²) in [6.45, 7) is 3.74. The maximum atomic E-state index is 13.4. The lowest BCUT2D eigenvalue weighted by Crippen LogP contribution is -2.32. The van der Waals surface area contributed by atoms with Gasteiger partial charge < -0.3 is 24.1 Å². The van der Waals surface area contributed by atoms with Gasteiger partial charge in [-0.15, -0.1) is 0 Å². The first-order valence-corrected chi connectivity index (χ1v) is 16.2. The van der Waals surface area contributed by atoms with Gasteiger partial charge in [-0.2, -0.15) is 0 Å². The minimum Gasteiger partial charge on any atom is -0.481 e. The molecule has 2 saturated heterocycles. The van der Waals surface area contributed by atoms with Crippen LogP contribution in [-0.2, 0) is 28.5 Å². The molecule has 4 aliphatic rings. The molecular formula is C33H52O7. The van der Waals surface area contributed by atoms with Crippen molar-refractivity contribution in [1.29, 1.82) is 0 Å². The summed E-state index contributed by atoms with van der Waals surface area (Å²) < 4.78 is 24.8. The van der Waals surface area contributed by atoms with Crippen molar-refractivity contribution in [2.24, 2.45) is 23.7 Å². The highest BCUT2D eigenvalue weighted by atomic mass is 16.7. The molecular weight excluding hydrogens is 508 g/mol. The summed E-state index contributed by atoms with van der Waals surface area (Å²) in [5.41, 5.74) is 0. The van der Waals surface area contributed by atoms with Gasteiger partial charge in [0.2, 0.25) is 0 Å². The van der Waals surface area contributed by atoms with Crippen molar-refractivity contribution in [2.45, 2.75) is 134 Å². The maximum Gasteiger partial charge on any atom is 0.303 e. The van der Waals surface area contributed by atoms with Crippen molar-refractivity contribution in [3.63, 3.8) is 0 Å². The molecule has 2 saturated carbocycles. The van der Waals surface area contributed by atoms with E-state index in [2.05, 4.69) is 31.2 Å². The Kier molecular flexibility index (Phi) is 13.2. The van der Waals surface area contributed by atoms with E-state index in [1.54, 1.807) is 0 Å². The lowest BCUT2D eigenvalue weighted by molar-refractivity contribution is -0.195. The van der Waals surface area contributed by atoms with Crippen LogP contribution in [0.5, 0.6) is 0 Å². The van der Waals surface area contributed by atoms with E-state index < -0.39 is 5.97 Å².